The summed E-state index contributed by atoms with van der Waals surface area (Å²) in [5, 5.41) is 9.33. The zero-order chi connectivity index (χ0) is 9.42. The molecule has 2 nitrogen and oxygen atoms in total. The van der Waals surface area contributed by atoms with Gasteiger partial charge in [0.15, 0.2) is 0 Å². The number of benzene rings is 1. The van der Waals surface area contributed by atoms with Crippen molar-refractivity contribution in [1.82, 2.24) is 0 Å². The van der Waals surface area contributed by atoms with E-state index in [0.717, 1.165) is 6.26 Å². The number of phenolic OH excluding ortho intramolecular Hbond substituents is 1. The molecule has 0 fully saturated rings. The van der Waals surface area contributed by atoms with Crippen LogP contribution in [-0.2, 0) is 0 Å². The molecular weight excluding hydrogens is 178 g/mol. The van der Waals surface area contributed by atoms with Crippen LogP contribution in [0.4, 0.5) is 8.78 Å². The molecule has 4 heteroatoms. The number of alkyl halides is 2. The summed E-state index contributed by atoms with van der Waals surface area (Å²) >= 11 is 0. The molecule has 13 heavy (non-hydrogen) atoms. The van der Waals surface area contributed by atoms with Gasteiger partial charge < -0.3 is 9.52 Å². The molecule has 0 spiro atoms. The molecule has 0 aliphatic rings. The maximum absolute atomic E-state index is 12.3. The molecule has 0 atom stereocenters. The van der Waals surface area contributed by atoms with Crippen LogP contribution in [0, 0.1) is 0 Å². The van der Waals surface area contributed by atoms with Gasteiger partial charge in [-0.15, -0.1) is 0 Å². The molecule has 1 N–H and O–H groups in total. The second kappa shape index (κ2) is 2.73. The van der Waals surface area contributed by atoms with Crippen LogP contribution < -0.4 is 0 Å². The van der Waals surface area contributed by atoms with Crippen molar-refractivity contribution >= 4 is 11.0 Å². The summed E-state index contributed by atoms with van der Waals surface area (Å²) < 4.78 is 29.5. The van der Waals surface area contributed by atoms with Crippen LogP contribution in [0.25, 0.3) is 11.0 Å². The van der Waals surface area contributed by atoms with Gasteiger partial charge in [0.05, 0.1) is 5.56 Å². The summed E-state index contributed by atoms with van der Waals surface area (Å²) in [5.41, 5.74) is 0.166. The Labute approximate surface area is 72.4 Å². The number of hydrogen-bond acceptors (Lipinski definition) is 2. The molecule has 1 aromatic heterocycles. The van der Waals surface area contributed by atoms with E-state index in [1.807, 2.05) is 0 Å². The molecule has 0 aliphatic carbocycles. The van der Waals surface area contributed by atoms with Crippen molar-refractivity contribution < 1.29 is 18.3 Å². The summed E-state index contributed by atoms with van der Waals surface area (Å²) in [5.74, 6) is -0.0456. The molecule has 0 unspecified atom stereocenters. The summed E-state index contributed by atoms with van der Waals surface area (Å²) in [4.78, 5) is 0. The second-order valence-electron chi connectivity index (χ2n) is 2.67. The molecule has 68 valence electrons. The largest absolute Gasteiger partial charge is 0.508 e. The predicted octanol–water partition coefficient (Wildman–Crippen LogP) is 3.08. The molecule has 0 saturated carbocycles. The van der Waals surface area contributed by atoms with E-state index in [-0.39, 0.29) is 16.7 Å². The number of fused-ring (bicyclic) bond motifs is 1. The number of aromatic hydroxyl groups is 1. The van der Waals surface area contributed by atoms with Crippen molar-refractivity contribution in [2.45, 2.75) is 6.43 Å². The topological polar surface area (TPSA) is 33.4 Å². The van der Waals surface area contributed by atoms with Crippen LogP contribution in [0.2, 0.25) is 0 Å². The van der Waals surface area contributed by atoms with Crippen LogP contribution in [0.1, 0.15) is 12.0 Å². The van der Waals surface area contributed by atoms with Gasteiger partial charge >= 0.3 is 0 Å². The van der Waals surface area contributed by atoms with Gasteiger partial charge in [-0.2, -0.15) is 0 Å². The Morgan fingerprint density at radius 1 is 1.31 bits per heavy atom. The summed E-state index contributed by atoms with van der Waals surface area (Å²) in [7, 11) is 0. The van der Waals surface area contributed by atoms with Crippen molar-refractivity contribution in [3.05, 3.63) is 30.0 Å². The van der Waals surface area contributed by atoms with Crippen molar-refractivity contribution in [3.63, 3.8) is 0 Å². The number of halogens is 2. The predicted molar refractivity (Wildman–Crippen MR) is 42.8 cm³/mol. The molecule has 0 radical (unpaired) electrons. The fourth-order valence-electron chi connectivity index (χ4n) is 1.21. The van der Waals surface area contributed by atoms with Gasteiger partial charge in [0.1, 0.15) is 17.6 Å². The smallest absolute Gasteiger partial charge is 0.267 e. The van der Waals surface area contributed by atoms with E-state index < -0.39 is 6.43 Å². The van der Waals surface area contributed by atoms with Crippen molar-refractivity contribution in [2.24, 2.45) is 0 Å². The third kappa shape index (κ3) is 1.24. The monoisotopic (exact) mass is 184 g/mol. The fourth-order valence-corrected chi connectivity index (χ4v) is 1.21. The first-order valence-corrected chi connectivity index (χ1v) is 3.67. The van der Waals surface area contributed by atoms with Crippen LogP contribution in [-0.4, -0.2) is 5.11 Å². The van der Waals surface area contributed by atoms with Gasteiger partial charge in [0.25, 0.3) is 6.43 Å². The molecule has 0 amide bonds. The van der Waals surface area contributed by atoms with E-state index in [0.29, 0.717) is 5.58 Å². The lowest BCUT2D eigenvalue weighted by molar-refractivity contribution is 0.152. The molecule has 0 aliphatic heterocycles. The minimum absolute atomic E-state index is 0.0456. The van der Waals surface area contributed by atoms with E-state index >= 15 is 0 Å². The minimum atomic E-state index is -2.58. The van der Waals surface area contributed by atoms with Gasteiger partial charge in [-0.05, 0) is 18.2 Å². The van der Waals surface area contributed by atoms with E-state index in [9.17, 15) is 8.78 Å². The van der Waals surface area contributed by atoms with Crippen molar-refractivity contribution in [1.29, 1.82) is 0 Å². The highest BCUT2D eigenvalue weighted by atomic mass is 19.3. The Morgan fingerprint density at radius 2 is 2.08 bits per heavy atom. The Hall–Kier alpha value is -1.58. The van der Waals surface area contributed by atoms with Crippen molar-refractivity contribution in [2.75, 3.05) is 0 Å². The maximum Gasteiger partial charge on any atom is 0.267 e. The Bertz CT molecular complexity index is 434. The quantitative estimate of drug-likeness (QED) is 0.738. The maximum atomic E-state index is 12.3. The van der Waals surface area contributed by atoms with Crippen LogP contribution in [0.3, 0.4) is 0 Å². The number of phenols is 1. The van der Waals surface area contributed by atoms with Crippen LogP contribution in [0.5, 0.6) is 5.75 Å². The van der Waals surface area contributed by atoms with Crippen molar-refractivity contribution in [3.8, 4) is 5.75 Å². The van der Waals surface area contributed by atoms with Gasteiger partial charge in [-0.25, -0.2) is 8.78 Å². The number of furan rings is 1. The average molecular weight is 184 g/mol. The van der Waals surface area contributed by atoms with Gasteiger partial charge in [-0.1, -0.05) is 0 Å². The third-order valence-corrected chi connectivity index (χ3v) is 1.82. The van der Waals surface area contributed by atoms with E-state index in [1.165, 1.54) is 18.2 Å². The fraction of sp³-hybridized carbons (Fsp3) is 0.111. The lowest BCUT2D eigenvalue weighted by atomic mass is 10.2. The van der Waals surface area contributed by atoms with Gasteiger partial charge in [0.2, 0.25) is 0 Å². The highest BCUT2D eigenvalue weighted by Crippen LogP contribution is 2.31. The van der Waals surface area contributed by atoms with Gasteiger partial charge in [0, 0.05) is 5.39 Å². The molecule has 0 bridgehead atoms. The van der Waals surface area contributed by atoms with Crippen LogP contribution in [0.15, 0.2) is 28.9 Å². The first-order chi connectivity index (χ1) is 6.18. The second-order valence-corrected chi connectivity index (χ2v) is 2.67. The minimum Gasteiger partial charge on any atom is -0.508 e. The normalized spacial score (nSPS) is 11.3. The molecule has 2 aromatic rings. The molecule has 2 rings (SSSR count). The number of hydrogen-bond donors (Lipinski definition) is 1. The van der Waals surface area contributed by atoms with Gasteiger partial charge in [-0.3, -0.25) is 0 Å². The summed E-state index contributed by atoms with van der Waals surface area (Å²) in [6, 6.07) is 4.11. The lowest BCUT2D eigenvalue weighted by Gasteiger charge is -1.94. The van der Waals surface area contributed by atoms with E-state index in [4.69, 9.17) is 9.52 Å². The Kier molecular flexibility index (Phi) is 1.69. The molecule has 1 heterocycles. The molecular formula is C9H6F2O2. The lowest BCUT2D eigenvalue weighted by Crippen LogP contribution is -1.79. The van der Waals surface area contributed by atoms with Crippen LogP contribution >= 0.6 is 0 Å². The average Bonchev–Trinajstić information content (AvgIpc) is 2.46. The van der Waals surface area contributed by atoms with E-state index in [2.05, 4.69) is 0 Å². The van der Waals surface area contributed by atoms with E-state index in [1.54, 1.807) is 0 Å². The first-order valence-electron chi connectivity index (χ1n) is 3.67. The molecule has 0 saturated heterocycles. The standard InChI is InChI=1S/C9H6F2O2/c10-9(11)7-4-13-8-2-1-5(12)3-6(7)8/h1-4,9,12H. The highest BCUT2D eigenvalue weighted by Gasteiger charge is 2.14. The number of rotatable bonds is 1. The first kappa shape index (κ1) is 8.04. The summed E-state index contributed by atoms with van der Waals surface area (Å²) in [6.07, 6.45) is -1.57. The summed E-state index contributed by atoms with van der Waals surface area (Å²) in [6.45, 7) is 0. The third-order valence-electron chi connectivity index (χ3n) is 1.82. The zero-order valence-corrected chi connectivity index (χ0v) is 6.50. The zero-order valence-electron chi connectivity index (χ0n) is 6.50. The highest BCUT2D eigenvalue weighted by molar-refractivity contribution is 5.82. The SMILES string of the molecule is Oc1ccc2occ(C(F)F)c2c1. The Balaban J connectivity index is 2.71. The Morgan fingerprint density at radius 3 is 2.77 bits per heavy atom. The molecule has 1 aromatic carbocycles.